The molecule has 138 valence electrons. The maximum absolute atomic E-state index is 13.9. The van der Waals surface area contributed by atoms with Gasteiger partial charge in [-0.3, -0.25) is 4.79 Å². The van der Waals surface area contributed by atoms with Crippen LogP contribution in [0.4, 0.5) is 4.39 Å². The van der Waals surface area contributed by atoms with Gasteiger partial charge in [-0.2, -0.15) is 0 Å². The molecule has 6 nitrogen and oxygen atoms in total. The normalized spacial score (nSPS) is 12.8. The predicted molar refractivity (Wildman–Crippen MR) is 92.9 cm³/mol. The smallest absolute Gasteiger partial charge is 0.330 e. The van der Waals surface area contributed by atoms with Gasteiger partial charge < -0.3 is 19.9 Å². The fraction of sp³-hybridized carbons (Fsp3) is 0.263. The number of carboxylic acid groups (broad SMARTS) is 1. The molecule has 0 saturated carbocycles. The maximum atomic E-state index is 13.9. The number of halogens is 1. The van der Waals surface area contributed by atoms with Crippen molar-refractivity contribution in [3.05, 3.63) is 59.4 Å². The zero-order valence-corrected chi connectivity index (χ0v) is 14.7. The molecule has 0 aliphatic heterocycles. The average molecular weight is 361 g/mol. The van der Waals surface area contributed by atoms with E-state index in [0.29, 0.717) is 11.3 Å². The Balaban J connectivity index is 2.22. The van der Waals surface area contributed by atoms with Gasteiger partial charge in [0.15, 0.2) is 17.6 Å². The van der Waals surface area contributed by atoms with Gasteiger partial charge in [0.05, 0.1) is 20.1 Å². The van der Waals surface area contributed by atoms with E-state index < -0.39 is 29.7 Å². The maximum Gasteiger partial charge on any atom is 0.330 e. The van der Waals surface area contributed by atoms with E-state index in [4.69, 9.17) is 9.47 Å². The minimum absolute atomic E-state index is 0.00559. The zero-order chi connectivity index (χ0) is 19.3. The van der Waals surface area contributed by atoms with Crippen LogP contribution in [0.2, 0.25) is 0 Å². The number of rotatable bonds is 7. The molecule has 0 fully saturated rings. The van der Waals surface area contributed by atoms with Crippen LogP contribution >= 0.6 is 0 Å². The second-order valence-electron chi connectivity index (χ2n) is 5.67. The number of aliphatic carboxylic acids is 1. The minimum atomic E-state index is -1.38. The SMILES string of the molecule is COc1cccc(C(C)C(=O)NC(C(=O)O)c2ccc(OC)c(F)c2)c1. The lowest BCUT2D eigenvalue weighted by atomic mass is 9.98. The molecule has 0 bridgehead atoms. The average Bonchev–Trinajstić information content (AvgIpc) is 2.64. The summed E-state index contributed by atoms with van der Waals surface area (Å²) < 4.78 is 23.8. The summed E-state index contributed by atoms with van der Waals surface area (Å²) >= 11 is 0. The van der Waals surface area contributed by atoms with Gasteiger partial charge >= 0.3 is 5.97 Å². The van der Waals surface area contributed by atoms with E-state index in [1.165, 1.54) is 26.4 Å². The number of hydrogen-bond acceptors (Lipinski definition) is 4. The van der Waals surface area contributed by atoms with Crippen LogP contribution in [0.5, 0.6) is 11.5 Å². The summed E-state index contributed by atoms with van der Waals surface area (Å²) in [6.45, 7) is 1.65. The lowest BCUT2D eigenvalue weighted by Gasteiger charge is -2.19. The molecule has 2 N–H and O–H groups in total. The second kappa shape index (κ2) is 8.33. The molecule has 2 rings (SSSR count). The highest BCUT2D eigenvalue weighted by molar-refractivity contribution is 5.88. The predicted octanol–water partition coefficient (Wildman–Crippen LogP) is 2.89. The first kappa shape index (κ1) is 19.2. The van der Waals surface area contributed by atoms with Crippen molar-refractivity contribution in [1.29, 1.82) is 0 Å². The lowest BCUT2D eigenvalue weighted by Crippen LogP contribution is -2.36. The molecule has 0 aliphatic carbocycles. The monoisotopic (exact) mass is 361 g/mol. The number of carbonyl (C=O) groups is 2. The quantitative estimate of drug-likeness (QED) is 0.792. The van der Waals surface area contributed by atoms with Crippen molar-refractivity contribution < 1.29 is 28.6 Å². The van der Waals surface area contributed by atoms with Gasteiger partial charge in [-0.15, -0.1) is 0 Å². The molecule has 0 saturated heterocycles. The van der Waals surface area contributed by atoms with E-state index in [2.05, 4.69) is 5.32 Å². The molecule has 26 heavy (non-hydrogen) atoms. The summed E-state index contributed by atoms with van der Waals surface area (Å²) in [4.78, 5) is 24.1. The van der Waals surface area contributed by atoms with E-state index in [9.17, 15) is 19.1 Å². The van der Waals surface area contributed by atoms with E-state index >= 15 is 0 Å². The summed E-state index contributed by atoms with van der Waals surface area (Å²) in [6.07, 6.45) is 0. The summed E-state index contributed by atoms with van der Waals surface area (Å²) in [5, 5.41) is 11.9. The first-order valence-corrected chi connectivity index (χ1v) is 7.88. The van der Waals surface area contributed by atoms with E-state index in [1.54, 1.807) is 31.2 Å². The largest absolute Gasteiger partial charge is 0.497 e. The standard InChI is InChI=1S/C19H20FNO5/c1-11(12-5-4-6-14(9-12)25-2)18(22)21-17(19(23)24)13-7-8-16(26-3)15(20)10-13/h4-11,17H,1-3H3,(H,21,22)(H,23,24). The number of carboxylic acids is 1. The van der Waals surface area contributed by atoms with Crippen molar-refractivity contribution >= 4 is 11.9 Å². The Kier molecular flexibility index (Phi) is 6.16. The molecular formula is C19H20FNO5. The van der Waals surface area contributed by atoms with E-state index in [-0.39, 0.29) is 11.3 Å². The fourth-order valence-electron chi connectivity index (χ4n) is 2.48. The molecule has 0 heterocycles. The molecule has 0 aromatic heterocycles. The van der Waals surface area contributed by atoms with Gasteiger partial charge in [0, 0.05) is 0 Å². The van der Waals surface area contributed by atoms with Crippen LogP contribution in [-0.4, -0.2) is 31.2 Å². The number of ether oxygens (including phenoxy) is 2. The molecule has 1 amide bonds. The van der Waals surface area contributed by atoms with E-state index in [0.717, 1.165) is 6.07 Å². The summed E-state index contributed by atoms with van der Waals surface area (Å²) in [5.41, 5.74) is 0.786. The Morgan fingerprint density at radius 3 is 2.38 bits per heavy atom. The van der Waals surface area contributed by atoms with Crippen LogP contribution in [0.1, 0.15) is 30.0 Å². The van der Waals surface area contributed by atoms with Crippen molar-refractivity contribution in [2.24, 2.45) is 0 Å². The molecule has 2 atom stereocenters. The first-order chi connectivity index (χ1) is 12.4. The van der Waals surface area contributed by atoms with Crippen molar-refractivity contribution in [2.45, 2.75) is 18.9 Å². The highest BCUT2D eigenvalue weighted by Crippen LogP contribution is 2.25. The number of hydrogen-bond donors (Lipinski definition) is 2. The Labute approximate surface area is 150 Å². The van der Waals surface area contributed by atoms with Gasteiger partial charge in [-0.05, 0) is 42.3 Å². The van der Waals surface area contributed by atoms with Crippen LogP contribution in [0, 0.1) is 5.82 Å². The minimum Gasteiger partial charge on any atom is -0.497 e. The molecule has 0 radical (unpaired) electrons. The topological polar surface area (TPSA) is 84.9 Å². The van der Waals surface area contributed by atoms with Crippen LogP contribution in [-0.2, 0) is 9.59 Å². The number of amides is 1. The third-order valence-corrected chi connectivity index (χ3v) is 4.03. The Bertz CT molecular complexity index is 808. The number of benzene rings is 2. The summed E-state index contributed by atoms with van der Waals surface area (Å²) in [6, 6.07) is 9.31. The second-order valence-corrected chi connectivity index (χ2v) is 5.67. The fourth-order valence-corrected chi connectivity index (χ4v) is 2.48. The Morgan fingerprint density at radius 1 is 1.08 bits per heavy atom. The first-order valence-electron chi connectivity index (χ1n) is 7.88. The molecule has 2 aromatic carbocycles. The third-order valence-electron chi connectivity index (χ3n) is 4.03. The van der Waals surface area contributed by atoms with Gasteiger partial charge in [-0.25, -0.2) is 9.18 Å². The molecule has 0 spiro atoms. The zero-order valence-electron chi connectivity index (χ0n) is 14.7. The summed E-state index contributed by atoms with van der Waals surface area (Å²) in [5.74, 6) is -2.52. The Hall–Kier alpha value is -3.09. The summed E-state index contributed by atoms with van der Waals surface area (Å²) in [7, 11) is 2.83. The Morgan fingerprint density at radius 2 is 1.81 bits per heavy atom. The van der Waals surface area contributed by atoms with Crippen LogP contribution in [0.15, 0.2) is 42.5 Å². The van der Waals surface area contributed by atoms with Crippen molar-refractivity contribution in [2.75, 3.05) is 14.2 Å². The van der Waals surface area contributed by atoms with Gasteiger partial charge in [0.1, 0.15) is 5.75 Å². The lowest BCUT2D eigenvalue weighted by molar-refractivity contribution is -0.142. The van der Waals surface area contributed by atoms with Crippen LogP contribution in [0.25, 0.3) is 0 Å². The van der Waals surface area contributed by atoms with Crippen LogP contribution < -0.4 is 14.8 Å². The van der Waals surface area contributed by atoms with Gasteiger partial charge in [-0.1, -0.05) is 18.2 Å². The molecule has 2 unspecified atom stereocenters. The van der Waals surface area contributed by atoms with Crippen LogP contribution in [0.3, 0.4) is 0 Å². The van der Waals surface area contributed by atoms with E-state index in [1.807, 2.05) is 0 Å². The van der Waals surface area contributed by atoms with Crippen molar-refractivity contribution in [1.82, 2.24) is 5.32 Å². The number of methoxy groups -OCH3 is 2. The molecule has 7 heteroatoms. The third kappa shape index (κ3) is 4.30. The molecule has 0 aliphatic rings. The van der Waals surface area contributed by atoms with Crippen molar-refractivity contribution in [3.8, 4) is 11.5 Å². The van der Waals surface area contributed by atoms with Crippen molar-refractivity contribution in [3.63, 3.8) is 0 Å². The van der Waals surface area contributed by atoms with Gasteiger partial charge in [0.25, 0.3) is 0 Å². The highest BCUT2D eigenvalue weighted by atomic mass is 19.1. The number of carbonyl (C=O) groups excluding carboxylic acids is 1. The molecule has 2 aromatic rings. The van der Waals surface area contributed by atoms with Gasteiger partial charge in [0.2, 0.25) is 5.91 Å². The molecular weight excluding hydrogens is 341 g/mol. The number of nitrogens with one attached hydrogen (secondary N) is 1. The highest BCUT2D eigenvalue weighted by Gasteiger charge is 2.26.